The third-order valence-corrected chi connectivity index (χ3v) is 7.67. The van der Waals surface area contributed by atoms with E-state index in [0.29, 0.717) is 17.0 Å². The van der Waals surface area contributed by atoms with Gasteiger partial charge < -0.3 is 10.3 Å². The molecular weight excluding hydrogens is 489 g/mol. The average Bonchev–Trinajstić information content (AvgIpc) is 3.73. The molecule has 0 atom stereocenters. The minimum Gasteiger partial charge on any atom is -0.336 e. The lowest BCUT2D eigenvalue weighted by Gasteiger charge is -2.11. The molecule has 4 heterocycles. The highest BCUT2D eigenvalue weighted by atomic mass is 19.1. The standard InChI is InChI=1S/C31H28FN7/c32-24-8-5-21(6-9-24)28-30-27(11-12-35-28)36-31(37-30)29-25-14-22(7-10-26(25)38-39-29)23-13-20(17-34-18-23)16-33-15-19-3-1-2-4-19/h5-14,17-19,33H,1-4,15-16H2,(H,36,37)(H,38,39). The molecule has 0 unspecified atom stereocenters. The van der Waals surface area contributed by atoms with Crippen LogP contribution in [0.25, 0.3) is 55.8 Å². The number of halogens is 1. The molecule has 8 heteroatoms. The van der Waals surface area contributed by atoms with Crippen LogP contribution in [0.15, 0.2) is 73.2 Å². The third kappa shape index (κ3) is 4.68. The van der Waals surface area contributed by atoms with Gasteiger partial charge in [0.1, 0.15) is 17.0 Å². The molecule has 194 valence electrons. The maximum absolute atomic E-state index is 13.5. The Balaban J connectivity index is 1.20. The molecule has 4 aromatic heterocycles. The van der Waals surface area contributed by atoms with Crippen LogP contribution in [0.2, 0.25) is 0 Å². The van der Waals surface area contributed by atoms with Gasteiger partial charge in [-0.1, -0.05) is 18.9 Å². The molecule has 0 bridgehead atoms. The average molecular weight is 518 g/mol. The largest absolute Gasteiger partial charge is 0.336 e. The zero-order valence-corrected chi connectivity index (χ0v) is 21.4. The Hall–Kier alpha value is -4.43. The molecule has 1 aliphatic rings. The molecule has 0 saturated heterocycles. The summed E-state index contributed by atoms with van der Waals surface area (Å²) >= 11 is 0. The van der Waals surface area contributed by atoms with Crippen LogP contribution in [-0.4, -0.2) is 36.7 Å². The number of nitrogens with one attached hydrogen (secondary N) is 3. The van der Waals surface area contributed by atoms with Crippen molar-refractivity contribution >= 4 is 21.9 Å². The minimum atomic E-state index is -0.284. The van der Waals surface area contributed by atoms with Crippen molar-refractivity contribution < 1.29 is 4.39 Å². The summed E-state index contributed by atoms with van der Waals surface area (Å²) in [6, 6.07) is 16.7. The van der Waals surface area contributed by atoms with Crippen molar-refractivity contribution in [3.63, 3.8) is 0 Å². The number of hydrogen-bond acceptors (Lipinski definition) is 5. The van der Waals surface area contributed by atoms with E-state index in [1.807, 2.05) is 24.5 Å². The van der Waals surface area contributed by atoms with Gasteiger partial charge in [-0.2, -0.15) is 5.10 Å². The molecule has 0 radical (unpaired) electrons. The van der Waals surface area contributed by atoms with Crippen LogP contribution < -0.4 is 5.32 Å². The zero-order valence-electron chi connectivity index (χ0n) is 21.4. The number of hydrogen-bond donors (Lipinski definition) is 3. The van der Waals surface area contributed by atoms with Crippen LogP contribution in [0.1, 0.15) is 31.2 Å². The molecule has 6 aromatic rings. The van der Waals surface area contributed by atoms with E-state index in [-0.39, 0.29) is 5.82 Å². The second-order valence-electron chi connectivity index (χ2n) is 10.3. The lowest BCUT2D eigenvalue weighted by atomic mass is 10.0. The summed E-state index contributed by atoms with van der Waals surface area (Å²) in [5, 5.41) is 12.3. The van der Waals surface area contributed by atoms with E-state index in [1.54, 1.807) is 18.3 Å². The predicted molar refractivity (Wildman–Crippen MR) is 151 cm³/mol. The number of fused-ring (bicyclic) bond motifs is 2. The first-order valence-corrected chi connectivity index (χ1v) is 13.5. The van der Waals surface area contributed by atoms with Gasteiger partial charge in [-0.15, -0.1) is 0 Å². The van der Waals surface area contributed by atoms with E-state index in [1.165, 1.54) is 43.4 Å². The van der Waals surface area contributed by atoms with Gasteiger partial charge in [-0.3, -0.25) is 15.1 Å². The highest BCUT2D eigenvalue weighted by molar-refractivity contribution is 5.97. The number of aromatic nitrogens is 6. The van der Waals surface area contributed by atoms with Gasteiger partial charge in [-0.05, 0) is 85.0 Å². The van der Waals surface area contributed by atoms with Gasteiger partial charge >= 0.3 is 0 Å². The second kappa shape index (κ2) is 10.0. The molecule has 0 amide bonds. The first-order chi connectivity index (χ1) is 19.2. The Morgan fingerprint density at radius 2 is 1.72 bits per heavy atom. The fourth-order valence-electron chi connectivity index (χ4n) is 5.62. The number of pyridine rings is 2. The first-order valence-electron chi connectivity index (χ1n) is 13.5. The van der Waals surface area contributed by atoms with Crippen LogP contribution in [0, 0.1) is 11.7 Å². The van der Waals surface area contributed by atoms with Crippen LogP contribution in [0.4, 0.5) is 4.39 Å². The predicted octanol–water partition coefficient (Wildman–Crippen LogP) is 6.65. The number of H-pyrrole nitrogens is 2. The smallest absolute Gasteiger partial charge is 0.159 e. The Morgan fingerprint density at radius 3 is 2.59 bits per heavy atom. The Labute approximate surface area is 224 Å². The van der Waals surface area contributed by atoms with Gasteiger partial charge in [0.2, 0.25) is 0 Å². The van der Waals surface area contributed by atoms with Gasteiger partial charge in [0.15, 0.2) is 5.82 Å². The van der Waals surface area contributed by atoms with Crippen molar-refractivity contribution in [1.29, 1.82) is 0 Å². The van der Waals surface area contributed by atoms with Crippen molar-refractivity contribution in [2.45, 2.75) is 32.2 Å². The van der Waals surface area contributed by atoms with E-state index in [9.17, 15) is 4.39 Å². The van der Waals surface area contributed by atoms with Crippen molar-refractivity contribution in [2.24, 2.45) is 5.92 Å². The van der Waals surface area contributed by atoms with E-state index in [4.69, 9.17) is 4.98 Å². The SMILES string of the molecule is Fc1ccc(-c2nccc3[nH]c(-c4n[nH]c5ccc(-c6cncc(CNCC7CCCC7)c6)cc45)nc23)cc1. The van der Waals surface area contributed by atoms with E-state index < -0.39 is 0 Å². The van der Waals surface area contributed by atoms with Crippen LogP contribution in [-0.2, 0) is 6.54 Å². The quantitative estimate of drug-likeness (QED) is 0.220. The van der Waals surface area contributed by atoms with E-state index >= 15 is 0 Å². The van der Waals surface area contributed by atoms with Crippen LogP contribution >= 0.6 is 0 Å². The highest BCUT2D eigenvalue weighted by Gasteiger charge is 2.17. The topological polar surface area (TPSA) is 95.2 Å². The van der Waals surface area contributed by atoms with E-state index in [2.05, 4.69) is 48.7 Å². The number of imidazole rings is 1. The highest BCUT2D eigenvalue weighted by Crippen LogP contribution is 2.32. The summed E-state index contributed by atoms with van der Waals surface area (Å²) in [7, 11) is 0. The summed E-state index contributed by atoms with van der Waals surface area (Å²) in [6.45, 7) is 1.89. The molecule has 39 heavy (non-hydrogen) atoms. The van der Waals surface area contributed by atoms with Crippen LogP contribution in [0.5, 0.6) is 0 Å². The fourth-order valence-corrected chi connectivity index (χ4v) is 5.62. The van der Waals surface area contributed by atoms with E-state index in [0.717, 1.165) is 57.8 Å². The molecule has 1 saturated carbocycles. The van der Waals surface area contributed by atoms with Crippen molar-refractivity contribution in [3.8, 4) is 33.9 Å². The number of benzene rings is 2. The molecule has 1 aliphatic carbocycles. The van der Waals surface area contributed by atoms with Gasteiger partial charge in [0.25, 0.3) is 0 Å². The van der Waals surface area contributed by atoms with Crippen molar-refractivity contribution in [1.82, 2.24) is 35.5 Å². The Bertz CT molecular complexity index is 1760. The maximum atomic E-state index is 13.5. The van der Waals surface area contributed by atoms with Crippen molar-refractivity contribution in [2.75, 3.05) is 6.54 Å². The molecule has 3 N–H and O–H groups in total. The minimum absolute atomic E-state index is 0.284. The summed E-state index contributed by atoms with van der Waals surface area (Å²) < 4.78 is 13.5. The summed E-state index contributed by atoms with van der Waals surface area (Å²) in [5.41, 5.74) is 8.03. The molecule has 2 aromatic carbocycles. The molecular formula is C31H28FN7. The Kier molecular flexibility index (Phi) is 6.09. The van der Waals surface area contributed by atoms with Gasteiger partial charge in [0.05, 0.1) is 16.7 Å². The monoisotopic (exact) mass is 517 g/mol. The van der Waals surface area contributed by atoms with Gasteiger partial charge in [0, 0.05) is 41.6 Å². The second-order valence-corrected chi connectivity index (χ2v) is 10.3. The maximum Gasteiger partial charge on any atom is 0.159 e. The lowest BCUT2D eigenvalue weighted by molar-refractivity contribution is 0.489. The third-order valence-electron chi connectivity index (χ3n) is 7.67. The molecule has 0 aliphatic heterocycles. The van der Waals surface area contributed by atoms with Gasteiger partial charge in [-0.25, -0.2) is 9.37 Å². The summed E-state index contributed by atoms with van der Waals surface area (Å²) in [4.78, 5) is 17.3. The Morgan fingerprint density at radius 1 is 0.872 bits per heavy atom. The number of aromatic amines is 2. The zero-order chi connectivity index (χ0) is 26.2. The van der Waals surface area contributed by atoms with Crippen molar-refractivity contribution in [3.05, 3.63) is 84.6 Å². The number of rotatable bonds is 7. The molecule has 7 rings (SSSR count). The summed E-state index contributed by atoms with van der Waals surface area (Å²) in [5.74, 6) is 1.17. The molecule has 1 fully saturated rings. The summed E-state index contributed by atoms with van der Waals surface area (Å²) in [6.07, 6.45) is 11.0. The molecule has 0 spiro atoms. The van der Waals surface area contributed by atoms with Crippen LogP contribution in [0.3, 0.4) is 0 Å². The lowest BCUT2D eigenvalue weighted by Crippen LogP contribution is -2.20. The molecule has 7 nitrogen and oxygen atoms in total. The fraction of sp³-hybridized carbons (Fsp3) is 0.226. The number of nitrogens with zero attached hydrogens (tertiary/aromatic N) is 4. The first kappa shape index (κ1) is 23.7. The normalized spacial score (nSPS) is 14.1.